The second kappa shape index (κ2) is 8.61. The van der Waals surface area contributed by atoms with Crippen molar-refractivity contribution in [2.24, 2.45) is 0 Å². The van der Waals surface area contributed by atoms with E-state index < -0.39 is 11.7 Å². The third-order valence-electron chi connectivity index (χ3n) is 4.43. The summed E-state index contributed by atoms with van der Waals surface area (Å²) < 4.78 is 21.8. The maximum Gasteiger partial charge on any atom is 0.297 e. The molecule has 0 saturated carbocycles. The van der Waals surface area contributed by atoms with Crippen molar-refractivity contribution in [2.75, 3.05) is 11.1 Å². The summed E-state index contributed by atoms with van der Waals surface area (Å²) in [4.78, 5) is 30.0. The number of benzene rings is 2. The molecule has 0 bridgehead atoms. The van der Waals surface area contributed by atoms with Gasteiger partial charge in [-0.3, -0.25) is 14.2 Å². The van der Waals surface area contributed by atoms with Crippen LogP contribution >= 0.6 is 27.7 Å². The minimum atomic E-state index is -0.532. The van der Waals surface area contributed by atoms with Gasteiger partial charge >= 0.3 is 0 Å². The Labute approximate surface area is 183 Å². The number of amides is 1. The van der Waals surface area contributed by atoms with E-state index in [1.165, 1.54) is 16.7 Å². The Morgan fingerprint density at radius 3 is 2.87 bits per heavy atom. The van der Waals surface area contributed by atoms with Crippen LogP contribution in [0.5, 0.6) is 0 Å². The molecule has 2 aromatic carbocycles. The number of carbonyl (C=O) groups is 1. The molecule has 0 aliphatic heterocycles. The molecule has 0 saturated heterocycles. The number of fused-ring (bicyclic) bond motifs is 3. The normalized spacial score (nSPS) is 11.3. The number of thioether (sulfide) groups is 1. The van der Waals surface area contributed by atoms with Gasteiger partial charge in [0, 0.05) is 16.4 Å². The lowest BCUT2D eigenvalue weighted by Crippen LogP contribution is -2.24. The fourth-order valence-electron chi connectivity index (χ4n) is 3.09. The Morgan fingerprint density at radius 1 is 1.30 bits per heavy atom. The molecular formula is C21H17BrFN3O3S. The highest BCUT2D eigenvalue weighted by Crippen LogP contribution is 2.27. The summed E-state index contributed by atoms with van der Waals surface area (Å²) >= 11 is 4.31. The number of furan rings is 1. The number of carbonyl (C=O) groups excluding carboxylic acids is 1. The second-order valence-electron chi connectivity index (χ2n) is 6.59. The predicted molar refractivity (Wildman–Crippen MR) is 120 cm³/mol. The van der Waals surface area contributed by atoms with Crippen molar-refractivity contribution in [3.8, 4) is 0 Å². The van der Waals surface area contributed by atoms with Gasteiger partial charge in [-0.25, -0.2) is 9.37 Å². The first kappa shape index (κ1) is 20.6. The van der Waals surface area contributed by atoms with Crippen molar-refractivity contribution < 1.29 is 13.6 Å². The van der Waals surface area contributed by atoms with Crippen LogP contribution in [-0.4, -0.2) is 21.2 Å². The van der Waals surface area contributed by atoms with Gasteiger partial charge in [0.2, 0.25) is 11.5 Å². The molecule has 2 heterocycles. The molecule has 154 valence electrons. The minimum Gasteiger partial charge on any atom is -0.448 e. The van der Waals surface area contributed by atoms with E-state index in [-0.39, 0.29) is 22.6 Å². The zero-order valence-corrected chi connectivity index (χ0v) is 18.3. The molecule has 1 amide bonds. The van der Waals surface area contributed by atoms with E-state index in [4.69, 9.17) is 4.42 Å². The highest BCUT2D eigenvalue weighted by atomic mass is 79.9. The van der Waals surface area contributed by atoms with Crippen LogP contribution in [0.3, 0.4) is 0 Å². The zero-order chi connectivity index (χ0) is 21.3. The highest BCUT2D eigenvalue weighted by Gasteiger charge is 2.18. The Bertz CT molecular complexity index is 1320. The monoisotopic (exact) mass is 489 g/mol. The van der Waals surface area contributed by atoms with Gasteiger partial charge in [0.15, 0.2) is 5.16 Å². The fraction of sp³-hybridized carbons (Fsp3) is 0.190. The molecule has 2 aromatic heterocycles. The van der Waals surface area contributed by atoms with E-state index >= 15 is 0 Å². The van der Waals surface area contributed by atoms with Crippen molar-refractivity contribution in [3.63, 3.8) is 0 Å². The van der Waals surface area contributed by atoms with Crippen LogP contribution in [-0.2, 0) is 11.3 Å². The van der Waals surface area contributed by atoms with E-state index in [2.05, 4.69) is 26.2 Å². The van der Waals surface area contributed by atoms with Crippen LogP contribution in [0.15, 0.2) is 61.3 Å². The van der Waals surface area contributed by atoms with E-state index in [1.807, 2.05) is 25.1 Å². The van der Waals surface area contributed by atoms with Gasteiger partial charge < -0.3 is 9.73 Å². The fourth-order valence-corrected chi connectivity index (χ4v) is 4.24. The van der Waals surface area contributed by atoms with Crippen molar-refractivity contribution in [1.29, 1.82) is 0 Å². The molecule has 4 rings (SSSR count). The lowest BCUT2D eigenvalue weighted by atomic mass is 10.2. The Balaban J connectivity index is 1.64. The SMILES string of the molecule is CCCn1c(SCC(=O)Nc2ccc(Br)cc2F)nc2c(oc3ccccc32)c1=O. The smallest absolute Gasteiger partial charge is 0.297 e. The standard InChI is InChI=1S/C21H17BrFN3O3S/c1-2-9-26-20(28)19-18(13-5-3-4-6-16(13)29-19)25-21(26)30-11-17(27)24-15-8-7-12(22)10-14(15)23/h3-8,10H,2,9,11H2,1H3,(H,24,27). The van der Waals surface area contributed by atoms with Crippen LogP contribution < -0.4 is 10.9 Å². The molecular weight excluding hydrogens is 473 g/mol. The summed E-state index contributed by atoms with van der Waals surface area (Å²) in [7, 11) is 0. The lowest BCUT2D eigenvalue weighted by Gasteiger charge is -2.11. The lowest BCUT2D eigenvalue weighted by molar-refractivity contribution is -0.113. The van der Waals surface area contributed by atoms with E-state index in [9.17, 15) is 14.0 Å². The number of hydrogen-bond donors (Lipinski definition) is 1. The van der Waals surface area contributed by atoms with E-state index in [0.717, 1.165) is 23.6 Å². The number of hydrogen-bond acceptors (Lipinski definition) is 5. The number of halogens is 2. The molecule has 1 N–H and O–H groups in total. The van der Waals surface area contributed by atoms with Crippen molar-refractivity contribution in [3.05, 3.63) is 63.1 Å². The molecule has 0 aliphatic rings. The summed E-state index contributed by atoms with van der Waals surface area (Å²) in [5.74, 6) is -0.946. The molecule has 9 heteroatoms. The van der Waals surface area contributed by atoms with Gasteiger partial charge in [0.05, 0.1) is 11.4 Å². The molecule has 6 nitrogen and oxygen atoms in total. The molecule has 0 atom stereocenters. The highest BCUT2D eigenvalue weighted by molar-refractivity contribution is 9.10. The van der Waals surface area contributed by atoms with Crippen LogP contribution in [0.2, 0.25) is 0 Å². The number of aromatic nitrogens is 2. The van der Waals surface area contributed by atoms with Crippen LogP contribution in [0, 0.1) is 5.82 Å². The molecule has 0 radical (unpaired) electrons. The summed E-state index contributed by atoms with van der Waals surface area (Å²) in [6, 6.07) is 11.7. The van der Waals surface area contributed by atoms with Crippen LogP contribution in [0.1, 0.15) is 13.3 Å². The Hall–Kier alpha value is -2.65. The molecule has 4 aromatic rings. The van der Waals surface area contributed by atoms with Gasteiger partial charge in [-0.1, -0.05) is 46.7 Å². The maximum atomic E-state index is 14.0. The Morgan fingerprint density at radius 2 is 2.10 bits per heavy atom. The van der Waals surface area contributed by atoms with Crippen molar-refractivity contribution >= 4 is 61.4 Å². The number of nitrogens with one attached hydrogen (secondary N) is 1. The Kier molecular flexibility index (Phi) is 5.92. The number of para-hydroxylation sites is 1. The summed E-state index contributed by atoms with van der Waals surface area (Å²) in [6.07, 6.45) is 0.719. The number of rotatable bonds is 6. The topological polar surface area (TPSA) is 77.1 Å². The van der Waals surface area contributed by atoms with E-state index in [1.54, 1.807) is 12.1 Å². The quantitative estimate of drug-likeness (QED) is 0.298. The summed E-state index contributed by atoms with van der Waals surface area (Å²) in [5.41, 5.74) is 1.09. The largest absolute Gasteiger partial charge is 0.448 e. The second-order valence-corrected chi connectivity index (χ2v) is 8.45. The van der Waals surface area contributed by atoms with E-state index in [0.29, 0.717) is 27.3 Å². The van der Waals surface area contributed by atoms with Gasteiger partial charge in [0.1, 0.15) is 16.9 Å². The summed E-state index contributed by atoms with van der Waals surface area (Å²) in [6.45, 7) is 2.40. The maximum absolute atomic E-state index is 14.0. The average molecular weight is 490 g/mol. The predicted octanol–water partition coefficient (Wildman–Crippen LogP) is 5.19. The molecule has 0 unspecified atom stereocenters. The molecule has 0 aliphatic carbocycles. The first-order valence-corrected chi connectivity index (χ1v) is 11.1. The third kappa shape index (κ3) is 3.99. The van der Waals surface area contributed by atoms with Crippen LogP contribution in [0.25, 0.3) is 22.1 Å². The van der Waals surface area contributed by atoms with Gasteiger partial charge in [-0.05, 0) is 36.8 Å². The first-order valence-electron chi connectivity index (χ1n) is 9.27. The zero-order valence-electron chi connectivity index (χ0n) is 15.9. The summed E-state index contributed by atoms with van der Waals surface area (Å²) in [5, 5.41) is 3.72. The molecule has 0 fully saturated rings. The van der Waals surface area contributed by atoms with Crippen molar-refractivity contribution in [2.45, 2.75) is 25.0 Å². The minimum absolute atomic E-state index is 0.0209. The molecule has 30 heavy (non-hydrogen) atoms. The number of anilines is 1. The van der Waals surface area contributed by atoms with Gasteiger partial charge in [-0.15, -0.1) is 0 Å². The molecule has 0 spiro atoms. The van der Waals surface area contributed by atoms with Gasteiger partial charge in [0.25, 0.3) is 5.56 Å². The average Bonchev–Trinajstić information content (AvgIpc) is 3.10. The van der Waals surface area contributed by atoms with Crippen molar-refractivity contribution in [1.82, 2.24) is 9.55 Å². The van der Waals surface area contributed by atoms with Gasteiger partial charge in [-0.2, -0.15) is 0 Å². The number of nitrogens with zero attached hydrogens (tertiary/aromatic N) is 2. The van der Waals surface area contributed by atoms with Crippen LogP contribution in [0.4, 0.5) is 10.1 Å². The first-order chi connectivity index (χ1) is 14.5. The third-order valence-corrected chi connectivity index (χ3v) is 5.90.